The van der Waals surface area contributed by atoms with Crippen molar-refractivity contribution in [1.82, 2.24) is 15.6 Å². The molecule has 0 aliphatic rings. The molecule has 27 heavy (non-hydrogen) atoms. The first-order chi connectivity index (χ1) is 12.7. The van der Waals surface area contributed by atoms with Gasteiger partial charge in [-0.15, -0.1) is 0 Å². The van der Waals surface area contributed by atoms with E-state index in [0.717, 1.165) is 16.5 Å². The van der Waals surface area contributed by atoms with Gasteiger partial charge in [-0.2, -0.15) is 0 Å². The number of carbonyl (C=O) groups excluding carboxylic acids is 2. The number of aromatic nitrogens is 1. The van der Waals surface area contributed by atoms with Gasteiger partial charge in [0.15, 0.2) is 0 Å². The maximum Gasteiger partial charge on any atom is 0.308 e. The van der Waals surface area contributed by atoms with E-state index in [0.29, 0.717) is 6.42 Å². The van der Waals surface area contributed by atoms with Gasteiger partial charge in [-0.25, -0.2) is 0 Å². The molecule has 0 aliphatic carbocycles. The number of aliphatic carboxylic acids is 1. The van der Waals surface area contributed by atoms with Gasteiger partial charge in [0.05, 0.1) is 5.92 Å². The number of aromatic amines is 1. The van der Waals surface area contributed by atoms with Crippen molar-refractivity contribution >= 4 is 28.7 Å². The van der Waals surface area contributed by atoms with E-state index in [4.69, 9.17) is 5.11 Å². The van der Waals surface area contributed by atoms with Crippen LogP contribution in [0.2, 0.25) is 0 Å². The Labute approximate surface area is 158 Å². The molecule has 0 saturated carbocycles. The molecule has 3 atom stereocenters. The molecule has 7 nitrogen and oxygen atoms in total. The van der Waals surface area contributed by atoms with Crippen LogP contribution in [0.3, 0.4) is 0 Å². The summed E-state index contributed by atoms with van der Waals surface area (Å²) in [5.74, 6) is -2.60. The van der Waals surface area contributed by atoms with Crippen LogP contribution in [0.5, 0.6) is 0 Å². The van der Waals surface area contributed by atoms with Crippen LogP contribution in [-0.2, 0) is 20.8 Å². The summed E-state index contributed by atoms with van der Waals surface area (Å²) in [7, 11) is 0. The maximum absolute atomic E-state index is 12.8. The molecule has 3 unspecified atom stereocenters. The van der Waals surface area contributed by atoms with Crippen LogP contribution in [0.4, 0.5) is 0 Å². The zero-order chi connectivity index (χ0) is 20.1. The fraction of sp³-hybridized carbons (Fsp3) is 0.450. The van der Waals surface area contributed by atoms with Crippen LogP contribution in [-0.4, -0.2) is 40.0 Å². The summed E-state index contributed by atoms with van der Waals surface area (Å²) in [6, 6.07) is 6.38. The van der Waals surface area contributed by atoms with E-state index in [2.05, 4.69) is 15.6 Å². The number of carbonyl (C=O) groups is 3. The summed E-state index contributed by atoms with van der Waals surface area (Å²) in [6.07, 6.45) is 2.14. The molecule has 0 bridgehead atoms. The zero-order valence-electron chi connectivity index (χ0n) is 16.1. The molecule has 0 saturated heterocycles. The third kappa shape index (κ3) is 5.09. The van der Waals surface area contributed by atoms with Crippen LogP contribution in [0.15, 0.2) is 30.5 Å². The quantitative estimate of drug-likeness (QED) is 0.567. The average Bonchev–Trinajstić information content (AvgIpc) is 3.03. The van der Waals surface area contributed by atoms with Gasteiger partial charge in [0, 0.05) is 35.5 Å². The van der Waals surface area contributed by atoms with Gasteiger partial charge in [-0.1, -0.05) is 32.0 Å². The van der Waals surface area contributed by atoms with E-state index in [1.807, 2.05) is 30.5 Å². The van der Waals surface area contributed by atoms with E-state index >= 15 is 0 Å². The molecule has 0 fully saturated rings. The number of benzene rings is 1. The Morgan fingerprint density at radius 3 is 2.33 bits per heavy atom. The van der Waals surface area contributed by atoms with Gasteiger partial charge in [-0.3, -0.25) is 14.4 Å². The van der Waals surface area contributed by atoms with Crippen molar-refractivity contribution in [3.8, 4) is 0 Å². The van der Waals surface area contributed by atoms with Crippen molar-refractivity contribution in [1.29, 1.82) is 0 Å². The van der Waals surface area contributed by atoms with Gasteiger partial charge >= 0.3 is 5.97 Å². The number of hydrogen-bond donors (Lipinski definition) is 4. The fourth-order valence-corrected chi connectivity index (χ4v) is 2.73. The highest BCUT2D eigenvalue weighted by atomic mass is 16.4. The number of fused-ring (bicyclic) bond motifs is 1. The van der Waals surface area contributed by atoms with Gasteiger partial charge in [0.25, 0.3) is 0 Å². The van der Waals surface area contributed by atoms with Crippen molar-refractivity contribution in [2.75, 3.05) is 0 Å². The normalized spacial score (nSPS) is 14.6. The molecular formula is C20H27N3O4. The lowest BCUT2D eigenvalue weighted by Crippen LogP contribution is -2.52. The molecule has 2 aromatic rings. The van der Waals surface area contributed by atoms with Crippen LogP contribution in [0.1, 0.15) is 33.3 Å². The molecule has 1 heterocycles. The standard InChI is InChI=1S/C20H27N3O4/c1-11(2)18(24)23-17(19(25)22-13(4)12(3)20(26)27)9-14-10-21-16-8-6-5-7-15(14)16/h5-8,10-13,17,21H,9H2,1-4H3,(H,22,25)(H,23,24)(H,26,27). The monoisotopic (exact) mass is 373 g/mol. The van der Waals surface area contributed by atoms with Gasteiger partial charge in [0.2, 0.25) is 11.8 Å². The first-order valence-electron chi connectivity index (χ1n) is 9.09. The summed E-state index contributed by atoms with van der Waals surface area (Å²) in [4.78, 5) is 39.3. The largest absolute Gasteiger partial charge is 0.481 e. The van der Waals surface area contributed by atoms with Crippen molar-refractivity contribution in [3.63, 3.8) is 0 Å². The molecule has 2 rings (SSSR count). The summed E-state index contributed by atoms with van der Waals surface area (Å²) < 4.78 is 0. The minimum Gasteiger partial charge on any atom is -0.481 e. The molecule has 4 N–H and O–H groups in total. The number of para-hydroxylation sites is 1. The SMILES string of the molecule is CC(C)C(=O)NC(Cc1c[nH]c2ccccc12)C(=O)NC(C)C(C)C(=O)O. The average molecular weight is 373 g/mol. The second-order valence-electron chi connectivity index (χ2n) is 7.20. The smallest absolute Gasteiger partial charge is 0.308 e. The lowest BCUT2D eigenvalue weighted by molar-refractivity contribution is -0.142. The highest BCUT2D eigenvalue weighted by molar-refractivity contribution is 5.90. The number of carboxylic acids is 1. The number of nitrogens with one attached hydrogen (secondary N) is 3. The molecule has 0 aliphatic heterocycles. The van der Waals surface area contributed by atoms with Gasteiger partial charge in [-0.05, 0) is 25.5 Å². The van der Waals surface area contributed by atoms with E-state index in [1.165, 1.54) is 6.92 Å². The topological polar surface area (TPSA) is 111 Å². The number of H-pyrrole nitrogens is 1. The summed E-state index contributed by atoms with van der Waals surface area (Å²) >= 11 is 0. The van der Waals surface area contributed by atoms with E-state index in [1.54, 1.807) is 20.8 Å². The Balaban J connectivity index is 2.21. The molecule has 1 aromatic carbocycles. The van der Waals surface area contributed by atoms with E-state index in [-0.39, 0.29) is 11.8 Å². The summed E-state index contributed by atoms with van der Waals surface area (Å²) in [5.41, 5.74) is 1.86. The van der Waals surface area contributed by atoms with Crippen molar-refractivity contribution in [3.05, 3.63) is 36.0 Å². The van der Waals surface area contributed by atoms with E-state index < -0.39 is 29.9 Å². The molecular weight excluding hydrogens is 346 g/mol. The highest BCUT2D eigenvalue weighted by Gasteiger charge is 2.27. The van der Waals surface area contributed by atoms with Crippen LogP contribution in [0, 0.1) is 11.8 Å². The molecule has 7 heteroatoms. The Morgan fingerprint density at radius 2 is 1.70 bits per heavy atom. The third-order valence-corrected chi connectivity index (χ3v) is 4.77. The lowest BCUT2D eigenvalue weighted by Gasteiger charge is -2.24. The Hall–Kier alpha value is -2.83. The molecule has 1 aromatic heterocycles. The highest BCUT2D eigenvalue weighted by Crippen LogP contribution is 2.19. The minimum absolute atomic E-state index is 0.228. The number of hydrogen-bond acceptors (Lipinski definition) is 3. The lowest BCUT2D eigenvalue weighted by atomic mass is 10.0. The zero-order valence-corrected chi connectivity index (χ0v) is 16.1. The predicted octanol–water partition coefficient (Wildman–Crippen LogP) is 2.08. The molecule has 146 valence electrons. The Kier molecular flexibility index (Phi) is 6.60. The summed E-state index contributed by atoms with van der Waals surface area (Å²) in [6.45, 7) is 6.69. The first-order valence-corrected chi connectivity index (χ1v) is 9.09. The fourth-order valence-electron chi connectivity index (χ4n) is 2.73. The molecule has 2 amide bonds. The van der Waals surface area contributed by atoms with Crippen LogP contribution >= 0.6 is 0 Å². The number of carboxylic acid groups (broad SMARTS) is 1. The van der Waals surface area contributed by atoms with Crippen molar-refractivity contribution in [2.24, 2.45) is 11.8 Å². The molecule has 0 radical (unpaired) electrons. The number of rotatable bonds is 8. The first kappa shape index (κ1) is 20.5. The second kappa shape index (κ2) is 8.70. The van der Waals surface area contributed by atoms with Gasteiger partial charge in [0.1, 0.15) is 6.04 Å². The Morgan fingerprint density at radius 1 is 1.04 bits per heavy atom. The second-order valence-corrected chi connectivity index (χ2v) is 7.20. The van der Waals surface area contributed by atoms with Gasteiger partial charge < -0.3 is 20.7 Å². The van der Waals surface area contributed by atoms with E-state index in [9.17, 15) is 14.4 Å². The predicted molar refractivity (Wildman–Crippen MR) is 103 cm³/mol. The molecule has 0 spiro atoms. The maximum atomic E-state index is 12.8. The van der Waals surface area contributed by atoms with Crippen molar-refractivity contribution < 1.29 is 19.5 Å². The van der Waals surface area contributed by atoms with Crippen LogP contribution in [0.25, 0.3) is 10.9 Å². The minimum atomic E-state index is -0.984. The van der Waals surface area contributed by atoms with Crippen molar-refractivity contribution in [2.45, 2.75) is 46.2 Å². The number of amides is 2. The third-order valence-electron chi connectivity index (χ3n) is 4.77. The van der Waals surface area contributed by atoms with Crippen LogP contribution < -0.4 is 10.6 Å². The Bertz CT molecular complexity index is 827. The summed E-state index contributed by atoms with van der Waals surface area (Å²) in [5, 5.41) is 15.6.